The first-order chi connectivity index (χ1) is 11.1. The molecule has 124 valence electrons. The van der Waals surface area contributed by atoms with Crippen LogP contribution >= 0.6 is 11.3 Å². The van der Waals surface area contributed by atoms with E-state index in [1.54, 1.807) is 17.4 Å². The molecule has 2 heterocycles. The molecule has 1 N–H and O–H groups in total. The molecule has 1 fully saturated rings. The van der Waals surface area contributed by atoms with E-state index in [1.165, 1.54) is 30.5 Å². The molecule has 1 aliphatic rings. The first-order valence-corrected chi connectivity index (χ1v) is 9.55. The zero-order valence-electron chi connectivity index (χ0n) is 14.2. The maximum Gasteiger partial charge on any atom is 0.115 e. The predicted molar refractivity (Wildman–Crippen MR) is 98.3 cm³/mol. The van der Waals surface area contributed by atoms with Gasteiger partial charge < -0.3 is 10.0 Å². The number of likely N-dealkylation sites (tertiary alicyclic amines) is 1. The summed E-state index contributed by atoms with van der Waals surface area (Å²) in [6.07, 6.45) is 3.60. The van der Waals surface area contributed by atoms with Crippen molar-refractivity contribution in [1.82, 2.24) is 4.90 Å². The molecule has 1 aliphatic heterocycles. The average molecular weight is 330 g/mol. The minimum absolute atomic E-state index is 0.169. The van der Waals surface area contributed by atoms with Gasteiger partial charge in [-0.25, -0.2) is 0 Å². The molecule has 1 saturated heterocycles. The highest BCUT2D eigenvalue weighted by molar-refractivity contribution is 7.07. The molecule has 1 aromatic heterocycles. The van der Waals surface area contributed by atoms with E-state index in [4.69, 9.17) is 0 Å². The molecular formula is C20H27NOS. The number of phenolic OH excluding ortho intramolecular Hbond substituents is 1. The van der Waals surface area contributed by atoms with Crippen LogP contribution in [-0.2, 0) is 11.8 Å². The Morgan fingerprint density at radius 3 is 2.91 bits per heavy atom. The van der Waals surface area contributed by atoms with Crippen molar-refractivity contribution in [2.75, 3.05) is 19.6 Å². The molecule has 0 spiro atoms. The molecule has 3 rings (SSSR count). The summed E-state index contributed by atoms with van der Waals surface area (Å²) < 4.78 is 0. The van der Waals surface area contributed by atoms with Crippen molar-refractivity contribution in [2.45, 2.75) is 38.5 Å². The summed E-state index contributed by atoms with van der Waals surface area (Å²) in [6, 6.07) is 10.1. The van der Waals surface area contributed by atoms with Crippen LogP contribution in [0.25, 0.3) is 0 Å². The highest BCUT2D eigenvalue weighted by atomic mass is 32.1. The lowest BCUT2D eigenvalue weighted by atomic mass is 9.68. The summed E-state index contributed by atoms with van der Waals surface area (Å²) in [5.41, 5.74) is 2.93. The summed E-state index contributed by atoms with van der Waals surface area (Å²) in [4.78, 5) is 2.61. The Balaban J connectivity index is 1.56. The van der Waals surface area contributed by atoms with E-state index in [1.807, 2.05) is 12.1 Å². The van der Waals surface area contributed by atoms with Crippen molar-refractivity contribution in [2.24, 2.45) is 5.92 Å². The lowest BCUT2D eigenvalue weighted by molar-refractivity contribution is 0.110. The van der Waals surface area contributed by atoms with Crippen molar-refractivity contribution >= 4 is 11.3 Å². The van der Waals surface area contributed by atoms with Gasteiger partial charge in [-0.2, -0.15) is 11.3 Å². The fourth-order valence-electron chi connectivity index (χ4n) is 3.75. The summed E-state index contributed by atoms with van der Waals surface area (Å²) in [6.45, 7) is 8.20. The maximum atomic E-state index is 9.79. The summed E-state index contributed by atoms with van der Waals surface area (Å²) in [5, 5.41) is 14.2. The largest absolute Gasteiger partial charge is 0.508 e. The zero-order chi connectivity index (χ0) is 16.3. The number of rotatable bonds is 5. The van der Waals surface area contributed by atoms with Crippen molar-refractivity contribution in [3.05, 3.63) is 52.2 Å². The lowest BCUT2D eigenvalue weighted by Crippen LogP contribution is -2.47. The van der Waals surface area contributed by atoms with Crippen molar-refractivity contribution in [3.63, 3.8) is 0 Å². The molecule has 0 radical (unpaired) electrons. The van der Waals surface area contributed by atoms with Crippen LogP contribution in [0.2, 0.25) is 0 Å². The van der Waals surface area contributed by atoms with Gasteiger partial charge in [-0.05, 0) is 83.8 Å². The van der Waals surface area contributed by atoms with E-state index in [0.717, 1.165) is 19.5 Å². The molecular weight excluding hydrogens is 302 g/mol. The normalized spacial score (nSPS) is 25.6. The molecule has 23 heavy (non-hydrogen) atoms. The highest BCUT2D eigenvalue weighted by Crippen LogP contribution is 2.40. The Morgan fingerprint density at radius 2 is 2.22 bits per heavy atom. The molecule has 0 aliphatic carbocycles. The molecule has 2 atom stereocenters. The van der Waals surface area contributed by atoms with Crippen LogP contribution in [0, 0.1) is 5.92 Å². The number of aromatic hydroxyl groups is 1. The molecule has 2 nitrogen and oxygen atoms in total. The highest BCUT2D eigenvalue weighted by Gasteiger charge is 2.37. The number of benzene rings is 1. The van der Waals surface area contributed by atoms with Gasteiger partial charge in [0.25, 0.3) is 0 Å². The predicted octanol–water partition coefficient (Wildman–Crippen LogP) is 4.69. The van der Waals surface area contributed by atoms with E-state index in [-0.39, 0.29) is 5.41 Å². The Hall–Kier alpha value is -1.32. The molecule has 0 unspecified atom stereocenters. The Bertz CT molecular complexity index is 624. The van der Waals surface area contributed by atoms with Gasteiger partial charge in [-0.3, -0.25) is 0 Å². The zero-order valence-corrected chi connectivity index (χ0v) is 15.0. The van der Waals surface area contributed by atoms with Gasteiger partial charge in [-0.15, -0.1) is 0 Å². The molecule has 0 bridgehead atoms. The number of aryl methyl sites for hydroxylation is 1. The number of hydrogen-bond acceptors (Lipinski definition) is 3. The fourth-order valence-corrected chi connectivity index (χ4v) is 4.45. The third-order valence-corrected chi connectivity index (χ3v) is 6.32. The number of hydrogen-bond donors (Lipinski definition) is 1. The second kappa shape index (κ2) is 7.06. The Labute approximate surface area is 143 Å². The van der Waals surface area contributed by atoms with Gasteiger partial charge in [0.05, 0.1) is 0 Å². The first-order valence-electron chi connectivity index (χ1n) is 8.61. The standard InChI is InChI=1S/C20H27NOS/c1-16-14-21(10-4-5-17-8-12-23-15-17)11-9-20(16,2)18-6-3-7-19(22)13-18/h3,6-8,12-13,15-16,22H,4-5,9-11,14H2,1-2H3/t16-,20+/m0/s1. The fraction of sp³-hybridized carbons (Fsp3) is 0.500. The number of thiophene rings is 1. The van der Waals surface area contributed by atoms with E-state index in [0.29, 0.717) is 11.7 Å². The van der Waals surface area contributed by atoms with Crippen LogP contribution in [0.3, 0.4) is 0 Å². The van der Waals surface area contributed by atoms with Crippen LogP contribution in [0.4, 0.5) is 0 Å². The third-order valence-electron chi connectivity index (χ3n) is 5.59. The summed E-state index contributed by atoms with van der Waals surface area (Å²) in [5.74, 6) is 0.980. The summed E-state index contributed by atoms with van der Waals surface area (Å²) in [7, 11) is 0. The minimum Gasteiger partial charge on any atom is -0.508 e. The monoisotopic (exact) mass is 329 g/mol. The number of piperidine rings is 1. The van der Waals surface area contributed by atoms with Crippen LogP contribution < -0.4 is 0 Å². The molecule has 2 aromatic rings. The smallest absolute Gasteiger partial charge is 0.115 e. The Kier molecular flexibility index (Phi) is 5.08. The minimum atomic E-state index is 0.169. The van der Waals surface area contributed by atoms with Crippen LogP contribution in [-0.4, -0.2) is 29.6 Å². The van der Waals surface area contributed by atoms with Gasteiger partial charge in [0, 0.05) is 6.54 Å². The van der Waals surface area contributed by atoms with Gasteiger partial charge in [0.1, 0.15) is 5.75 Å². The Morgan fingerprint density at radius 1 is 1.35 bits per heavy atom. The number of phenols is 1. The third kappa shape index (κ3) is 3.78. The van der Waals surface area contributed by atoms with Gasteiger partial charge in [0.2, 0.25) is 0 Å². The lowest BCUT2D eigenvalue weighted by Gasteiger charge is -2.45. The molecule has 0 amide bonds. The van der Waals surface area contributed by atoms with E-state index in [9.17, 15) is 5.11 Å². The maximum absolute atomic E-state index is 9.79. The van der Waals surface area contributed by atoms with Crippen LogP contribution in [0.1, 0.15) is 37.8 Å². The second-order valence-corrected chi connectivity index (χ2v) is 7.93. The second-order valence-electron chi connectivity index (χ2n) is 7.15. The van der Waals surface area contributed by atoms with E-state index >= 15 is 0 Å². The van der Waals surface area contributed by atoms with Crippen LogP contribution in [0.15, 0.2) is 41.1 Å². The van der Waals surface area contributed by atoms with Crippen molar-refractivity contribution < 1.29 is 5.11 Å². The quantitative estimate of drug-likeness (QED) is 0.860. The first kappa shape index (κ1) is 16.5. The average Bonchev–Trinajstić information content (AvgIpc) is 3.04. The molecule has 0 saturated carbocycles. The molecule has 1 aromatic carbocycles. The van der Waals surface area contributed by atoms with Gasteiger partial charge in [-0.1, -0.05) is 26.0 Å². The van der Waals surface area contributed by atoms with E-state index in [2.05, 4.69) is 41.6 Å². The van der Waals surface area contributed by atoms with Crippen LogP contribution in [0.5, 0.6) is 5.75 Å². The molecule has 3 heteroatoms. The SMILES string of the molecule is C[C@H]1CN(CCCc2ccsc2)CC[C@@]1(C)c1cccc(O)c1. The number of nitrogens with zero attached hydrogens (tertiary/aromatic N) is 1. The van der Waals surface area contributed by atoms with Crippen molar-refractivity contribution in [1.29, 1.82) is 0 Å². The topological polar surface area (TPSA) is 23.5 Å². The van der Waals surface area contributed by atoms with Crippen molar-refractivity contribution in [3.8, 4) is 5.75 Å². The van der Waals surface area contributed by atoms with E-state index < -0.39 is 0 Å². The van der Waals surface area contributed by atoms with Gasteiger partial charge in [0.15, 0.2) is 0 Å². The summed E-state index contributed by atoms with van der Waals surface area (Å²) >= 11 is 1.79. The van der Waals surface area contributed by atoms with Gasteiger partial charge >= 0.3 is 0 Å².